The molecule has 20 heavy (non-hydrogen) atoms. The molecule has 1 saturated heterocycles. The Morgan fingerprint density at radius 3 is 2.70 bits per heavy atom. The molecular formula is C16H21NO3. The zero-order valence-corrected chi connectivity index (χ0v) is 11.8. The fourth-order valence-corrected chi connectivity index (χ4v) is 3.20. The zero-order chi connectivity index (χ0) is 14.2. The van der Waals surface area contributed by atoms with Crippen molar-refractivity contribution in [3.63, 3.8) is 0 Å². The fraction of sp³-hybridized carbons (Fsp3) is 0.500. The molecule has 1 fully saturated rings. The molecule has 4 heteroatoms. The molecule has 1 atom stereocenters. The van der Waals surface area contributed by atoms with E-state index in [0.29, 0.717) is 19.8 Å². The molecule has 0 amide bonds. The lowest BCUT2D eigenvalue weighted by atomic mass is 9.72. The summed E-state index contributed by atoms with van der Waals surface area (Å²) in [6.45, 7) is 3.67. The summed E-state index contributed by atoms with van der Waals surface area (Å²) in [6, 6.07) is 7.83. The zero-order valence-electron chi connectivity index (χ0n) is 11.8. The Morgan fingerprint density at radius 2 is 2.00 bits per heavy atom. The largest absolute Gasteiger partial charge is 0.461 e. The number of ether oxygens (including phenoxy) is 1. The van der Waals surface area contributed by atoms with E-state index in [-0.39, 0.29) is 5.41 Å². The molecule has 0 spiro atoms. The minimum atomic E-state index is -0.611. The highest BCUT2D eigenvalue weighted by Crippen LogP contribution is 2.45. The number of fused-ring (bicyclic) bond motifs is 1. The van der Waals surface area contributed by atoms with Crippen LogP contribution in [0.25, 0.3) is 11.0 Å². The summed E-state index contributed by atoms with van der Waals surface area (Å²) in [6.07, 6.45) is 0.952. The van der Waals surface area contributed by atoms with Gasteiger partial charge in [-0.05, 0) is 25.8 Å². The van der Waals surface area contributed by atoms with Crippen LogP contribution in [0.2, 0.25) is 0 Å². The van der Waals surface area contributed by atoms with Crippen molar-refractivity contribution in [1.29, 1.82) is 0 Å². The van der Waals surface area contributed by atoms with Gasteiger partial charge in [0.1, 0.15) is 11.3 Å². The monoisotopic (exact) mass is 275 g/mol. The lowest BCUT2D eigenvalue weighted by Gasteiger charge is -2.40. The van der Waals surface area contributed by atoms with E-state index in [9.17, 15) is 5.11 Å². The third-order valence-corrected chi connectivity index (χ3v) is 4.57. The molecule has 3 rings (SSSR count). The molecule has 0 bridgehead atoms. The van der Waals surface area contributed by atoms with E-state index in [1.54, 1.807) is 0 Å². The SMILES string of the molecule is Cc1oc2ccccc2c1C(O)C1(CN)CCOCC1. The molecule has 0 aliphatic carbocycles. The number of nitrogens with two attached hydrogens (primary N) is 1. The van der Waals surface area contributed by atoms with E-state index in [4.69, 9.17) is 14.9 Å². The lowest BCUT2D eigenvalue weighted by molar-refractivity contribution is -0.0581. The maximum Gasteiger partial charge on any atom is 0.134 e. The molecule has 0 saturated carbocycles. The van der Waals surface area contributed by atoms with E-state index < -0.39 is 6.10 Å². The van der Waals surface area contributed by atoms with Gasteiger partial charge in [-0.1, -0.05) is 18.2 Å². The van der Waals surface area contributed by atoms with Crippen LogP contribution in [0, 0.1) is 12.3 Å². The third kappa shape index (κ3) is 2.04. The fourth-order valence-electron chi connectivity index (χ4n) is 3.20. The van der Waals surface area contributed by atoms with Gasteiger partial charge in [-0.15, -0.1) is 0 Å². The van der Waals surface area contributed by atoms with Gasteiger partial charge in [-0.2, -0.15) is 0 Å². The lowest BCUT2D eigenvalue weighted by Crippen LogP contribution is -2.41. The van der Waals surface area contributed by atoms with Gasteiger partial charge in [0.15, 0.2) is 0 Å². The number of benzene rings is 1. The Morgan fingerprint density at radius 1 is 1.30 bits per heavy atom. The highest BCUT2D eigenvalue weighted by molar-refractivity contribution is 5.82. The van der Waals surface area contributed by atoms with Crippen LogP contribution in [-0.2, 0) is 4.74 Å². The van der Waals surface area contributed by atoms with Crippen molar-refractivity contribution in [3.8, 4) is 0 Å². The average Bonchev–Trinajstić information content (AvgIpc) is 2.83. The molecule has 2 aromatic rings. The second kappa shape index (κ2) is 5.20. The van der Waals surface area contributed by atoms with Gasteiger partial charge in [0.05, 0.1) is 6.10 Å². The number of aliphatic hydroxyl groups is 1. The summed E-state index contributed by atoms with van der Waals surface area (Å²) in [4.78, 5) is 0. The first-order chi connectivity index (χ1) is 9.68. The van der Waals surface area contributed by atoms with Crippen LogP contribution in [0.5, 0.6) is 0 Å². The first kappa shape index (κ1) is 13.6. The van der Waals surface area contributed by atoms with E-state index in [1.165, 1.54) is 0 Å². The van der Waals surface area contributed by atoms with Gasteiger partial charge >= 0.3 is 0 Å². The third-order valence-electron chi connectivity index (χ3n) is 4.57. The average molecular weight is 275 g/mol. The molecule has 1 aromatic heterocycles. The molecule has 108 valence electrons. The summed E-state index contributed by atoms with van der Waals surface area (Å²) >= 11 is 0. The van der Waals surface area contributed by atoms with Crippen LogP contribution < -0.4 is 5.73 Å². The number of hydrogen-bond acceptors (Lipinski definition) is 4. The van der Waals surface area contributed by atoms with Gasteiger partial charge in [0.2, 0.25) is 0 Å². The maximum absolute atomic E-state index is 11.0. The van der Waals surface area contributed by atoms with Crippen molar-refractivity contribution < 1.29 is 14.3 Å². The van der Waals surface area contributed by atoms with Gasteiger partial charge in [-0.25, -0.2) is 0 Å². The van der Waals surface area contributed by atoms with Gasteiger partial charge in [-0.3, -0.25) is 0 Å². The smallest absolute Gasteiger partial charge is 0.134 e. The van der Waals surface area contributed by atoms with Crippen LogP contribution in [0.15, 0.2) is 28.7 Å². The molecule has 1 unspecified atom stereocenters. The van der Waals surface area contributed by atoms with Crippen molar-refractivity contribution in [2.45, 2.75) is 25.9 Å². The van der Waals surface area contributed by atoms with Crippen LogP contribution in [0.1, 0.15) is 30.3 Å². The number of aryl methyl sites for hydroxylation is 1. The number of para-hydroxylation sites is 1. The van der Waals surface area contributed by atoms with Crippen molar-refractivity contribution in [2.75, 3.05) is 19.8 Å². The standard InChI is InChI=1S/C16H21NO3/c1-11-14(12-4-2-3-5-13(12)20-11)15(18)16(10-17)6-8-19-9-7-16/h2-5,15,18H,6-10,17H2,1H3. The minimum absolute atomic E-state index is 0.310. The highest BCUT2D eigenvalue weighted by Gasteiger charge is 2.41. The van der Waals surface area contributed by atoms with Crippen LogP contribution in [0.4, 0.5) is 0 Å². The van der Waals surface area contributed by atoms with Crippen LogP contribution in [0.3, 0.4) is 0 Å². The van der Waals surface area contributed by atoms with Gasteiger partial charge in [0, 0.05) is 36.1 Å². The Bertz CT molecular complexity index is 599. The topological polar surface area (TPSA) is 68.6 Å². The molecule has 4 nitrogen and oxygen atoms in total. The Hall–Kier alpha value is -1.36. The maximum atomic E-state index is 11.0. The normalized spacial score (nSPS) is 20.1. The molecular weight excluding hydrogens is 254 g/mol. The van der Waals surface area contributed by atoms with E-state index in [1.807, 2.05) is 31.2 Å². The van der Waals surface area contributed by atoms with Crippen molar-refractivity contribution in [1.82, 2.24) is 0 Å². The predicted octanol–water partition coefficient (Wildman–Crippen LogP) is 2.53. The number of rotatable bonds is 3. The Balaban J connectivity index is 2.07. The van der Waals surface area contributed by atoms with Crippen LogP contribution >= 0.6 is 0 Å². The van der Waals surface area contributed by atoms with Crippen molar-refractivity contribution in [2.24, 2.45) is 11.1 Å². The summed E-state index contributed by atoms with van der Waals surface area (Å²) in [7, 11) is 0. The first-order valence-corrected chi connectivity index (χ1v) is 7.12. The minimum Gasteiger partial charge on any atom is -0.461 e. The predicted molar refractivity (Wildman–Crippen MR) is 77.5 cm³/mol. The van der Waals surface area contributed by atoms with E-state index >= 15 is 0 Å². The summed E-state index contributed by atoms with van der Waals surface area (Å²) in [5.41, 5.74) is 7.38. The Kier molecular flexibility index (Phi) is 3.54. The molecule has 3 N–H and O–H groups in total. The first-order valence-electron chi connectivity index (χ1n) is 7.12. The summed E-state index contributed by atoms with van der Waals surface area (Å²) < 4.78 is 11.2. The van der Waals surface area contributed by atoms with Crippen LogP contribution in [-0.4, -0.2) is 24.9 Å². The summed E-state index contributed by atoms with van der Waals surface area (Å²) in [5, 5.41) is 12.0. The van der Waals surface area contributed by atoms with Crippen molar-refractivity contribution in [3.05, 3.63) is 35.6 Å². The summed E-state index contributed by atoms with van der Waals surface area (Å²) in [5.74, 6) is 0.776. The Labute approximate surface area is 118 Å². The second-order valence-corrected chi connectivity index (χ2v) is 5.65. The number of hydrogen-bond donors (Lipinski definition) is 2. The molecule has 1 aliphatic heterocycles. The molecule has 2 heterocycles. The second-order valence-electron chi connectivity index (χ2n) is 5.65. The number of aliphatic hydroxyl groups excluding tert-OH is 1. The van der Waals surface area contributed by atoms with Crippen molar-refractivity contribution >= 4 is 11.0 Å². The highest BCUT2D eigenvalue weighted by atomic mass is 16.5. The van der Waals surface area contributed by atoms with Gasteiger partial charge in [0.25, 0.3) is 0 Å². The number of furan rings is 1. The molecule has 1 aliphatic rings. The molecule has 0 radical (unpaired) electrons. The van der Waals surface area contributed by atoms with E-state index in [2.05, 4.69) is 0 Å². The van der Waals surface area contributed by atoms with Gasteiger partial charge < -0.3 is 20.0 Å². The molecule has 1 aromatic carbocycles. The quantitative estimate of drug-likeness (QED) is 0.903. The van der Waals surface area contributed by atoms with E-state index in [0.717, 1.165) is 35.1 Å².